The maximum Gasteiger partial charge on any atom is 0.227 e. The van der Waals surface area contributed by atoms with E-state index < -0.39 is 0 Å². The Morgan fingerprint density at radius 3 is 2.43 bits per heavy atom. The van der Waals surface area contributed by atoms with Gasteiger partial charge in [0.25, 0.3) is 0 Å². The molecule has 0 amide bonds. The summed E-state index contributed by atoms with van der Waals surface area (Å²) >= 11 is 0. The van der Waals surface area contributed by atoms with Gasteiger partial charge in [-0.15, -0.1) is 0 Å². The Bertz CT molecular complexity index is 753. The number of nitrogen functional groups attached to an aromatic ring is 2. The van der Waals surface area contributed by atoms with E-state index in [1.807, 2.05) is 54.6 Å². The topological polar surface area (TPSA) is 89.8 Å². The Labute approximate surface area is 122 Å². The monoisotopic (exact) mass is 277 g/mol. The number of nitrogens with two attached hydrogens (primary N) is 2. The van der Waals surface area contributed by atoms with Gasteiger partial charge >= 0.3 is 0 Å². The van der Waals surface area contributed by atoms with E-state index >= 15 is 0 Å². The Balaban J connectivity index is 1.88. The molecule has 104 valence electrons. The summed E-state index contributed by atoms with van der Waals surface area (Å²) in [5.41, 5.74) is 15.5. The number of nitrogens with zero attached hydrogens (tertiary/aromatic N) is 2. The number of nitrogens with one attached hydrogen (secondary N) is 1. The Hall–Kier alpha value is -3.08. The van der Waals surface area contributed by atoms with Crippen molar-refractivity contribution in [2.75, 3.05) is 16.8 Å². The number of benzene rings is 2. The number of hydrogen-bond donors (Lipinski definition) is 3. The van der Waals surface area contributed by atoms with Crippen LogP contribution >= 0.6 is 0 Å². The molecule has 5 N–H and O–H groups in total. The molecule has 0 aliphatic rings. The van der Waals surface area contributed by atoms with Gasteiger partial charge in [0.1, 0.15) is 0 Å². The zero-order valence-electron chi connectivity index (χ0n) is 11.3. The summed E-state index contributed by atoms with van der Waals surface area (Å²) in [5, 5.41) is 3.15. The van der Waals surface area contributed by atoms with Crippen molar-refractivity contribution < 1.29 is 0 Å². The maximum atomic E-state index is 5.80. The second-order valence-electron chi connectivity index (χ2n) is 4.64. The highest BCUT2D eigenvalue weighted by Crippen LogP contribution is 2.21. The van der Waals surface area contributed by atoms with Crippen LogP contribution in [0.2, 0.25) is 0 Å². The first-order valence-corrected chi connectivity index (χ1v) is 6.52. The highest BCUT2D eigenvalue weighted by molar-refractivity contribution is 5.65. The minimum atomic E-state index is 0.527. The average Bonchev–Trinajstić information content (AvgIpc) is 2.50. The van der Waals surface area contributed by atoms with Gasteiger partial charge in [0.05, 0.1) is 5.69 Å². The second-order valence-corrected chi connectivity index (χ2v) is 4.64. The third kappa shape index (κ3) is 3.09. The minimum absolute atomic E-state index is 0.527. The predicted octanol–water partition coefficient (Wildman–Crippen LogP) is 3.05. The fourth-order valence-corrected chi connectivity index (χ4v) is 1.97. The fourth-order valence-electron chi connectivity index (χ4n) is 1.97. The summed E-state index contributed by atoms with van der Waals surface area (Å²) < 4.78 is 0. The van der Waals surface area contributed by atoms with E-state index in [-0.39, 0.29) is 0 Å². The average molecular weight is 277 g/mol. The van der Waals surface area contributed by atoms with E-state index in [9.17, 15) is 0 Å². The molecule has 3 rings (SSSR count). The Morgan fingerprint density at radius 2 is 1.67 bits per heavy atom. The van der Waals surface area contributed by atoms with Crippen LogP contribution in [0, 0.1) is 0 Å². The molecular weight excluding hydrogens is 262 g/mol. The van der Waals surface area contributed by atoms with E-state index in [4.69, 9.17) is 11.5 Å². The van der Waals surface area contributed by atoms with Crippen molar-refractivity contribution in [1.82, 2.24) is 9.97 Å². The van der Waals surface area contributed by atoms with Crippen LogP contribution in [-0.4, -0.2) is 9.97 Å². The van der Waals surface area contributed by atoms with Gasteiger partial charge in [-0.25, -0.2) is 9.97 Å². The molecule has 21 heavy (non-hydrogen) atoms. The van der Waals surface area contributed by atoms with Gasteiger partial charge in [0, 0.05) is 28.8 Å². The van der Waals surface area contributed by atoms with Crippen LogP contribution in [0.25, 0.3) is 11.3 Å². The Morgan fingerprint density at radius 1 is 0.857 bits per heavy atom. The molecule has 1 aromatic heterocycles. The van der Waals surface area contributed by atoms with Crippen molar-refractivity contribution >= 4 is 23.0 Å². The van der Waals surface area contributed by atoms with Gasteiger partial charge in [-0.2, -0.15) is 0 Å². The molecule has 0 saturated heterocycles. The highest BCUT2D eigenvalue weighted by atomic mass is 15.1. The van der Waals surface area contributed by atoms with Crippen LogP contribution < -0.4 is 16.8 Å². The number of hydrogen-bond acceptors (Lipinski definition) is 5. The van der Waals surface area contributed by atoms with Crippen molar-refractivity contribution in [3.63, 3.8) is 0 Å². The van der Waals surface area contributed by atoms with E-state index in [0.717, 1.165) is 22.6 Å². The summed E-state index contributed by atoms with van der Waals surface area (Å²) in [5.74, 6) is 0.527. The lowest BCUT2D eigenvalue weighted by atomic mass is 10.1. The third-order valence-electron chi connectivity index (χ3n) is 3.00. The van der Waals surface area contributed by atoms with E-state index in [2.05, 4.69) is 15.3 Å². The Kier molecular flexibility index (Phi) is 3.39. The summed E-state index contributed by atoms with van der Waals surface area (Å²) in [6.45, 7) is 0. The number of rotatable bonds is 3. The van der Waals surface area contributed by atoms with Gasteiger partial charge in [-0.05, 0) is 42.5 Å². The molecule has 5 heteroatoms. The lowest BCUT2D eigenvalue weighted by Crippen LogP contribution is -1.98. The zero-order valence-corrected chi connectivity index (χ0v) is 11.3. The molecular formula is C16H15N5. The van der Waals surface area contributed by atoms with E-state index in [1.54, 1.807) is 6.20 Å². The normalized spacial score (nSPS) is 10.3. The third-order valence-corrected chi connectivity index (χ3v) is 3.00. The SMILES string of the molecule is Nc1ccc(Nc2nccc(-c3cccc(N)c3)n2)cc1. The summed E-state index contributed by atoms with van der Waals surface area (Å²) in [6.07, 6.45) is 1.71. The first kappa shape index (κ1) is 12.9. The maximum absolute atomic E-state index is 5.80. The first-order chi connectivity index (χ1) is 10.2. The smallest absolute Gasteiger partial charge is 0.227 e. The zero-order chi connectivity index (χ0) is 14.7. The second kappa shape index (κ2) is 5.50. The molecule has 0 atom stereocenters. The number of anilines is 4. The summed E-state index contributed by atoms with van der Waals surface area (Å²) in [7, 11) is 0. The van der Waals surface area contributed by atoms with Gasteiger partial charge in [0.2, 0.25) is 5.95 Å². The van der Waals surface area contributed by atoms with Crippen LogP contribution in [0.15, 0.2) is 60.8 Å². The van der Waals surface area contributed by atoms with Crippen LogP contribution in [-0.2, 0) is 0 Å². The van der Waals surface area contributed by atoms with Crippen molar-refractivity contribution in [2.45, 2.75) is 0 Å². The van der Waals surface area contributed by atoms with Gasteiger partial charge < -0.3 is 16.8 Å². The van der Waals surface area contributed by atoms with Crippen molar-refractivity contribution in [3.8, 4) is 11.3 Å². The van der Waals surface area contributed by atoms with Gasteiger partial charge in [-0.3, -0.25) is 0 Å². The molecule has 1 heterocycles. The van der Waals surface area contributed by atoms with Crippen LogP contribution in [0.1, 0.15) is 0 Å². The molecule has 0 unspecified atom stereocenters. The lowest BCUT2D eigenvalue weighted by Gasteiger charge is -2.07. The summed E-state index contributed by atoms with van der Waals surface area (Å²) in [6, 6.07) is 16.9. The quantitative estimate of drug-likeness (QED) is 0.640. The van der Waals surface area contributed by atoms with Crippen LogP contribution in [0.5, 0.6) is 0 Å². The summed E-state index contributed by atoms with van der Waals surface area (Å²) in [4.78, 5) is 8.71. The van der Waals surface area contributed by atoms with Crippen molar-refractivity contribution in [1.29, 1.82) is 0 Å². The van der Waals surface area contributed by atoms with E-state index in [1.165, 1.54) is 0 Å². The standard InChI is InChI=1S/C16H15N5/c17-12-4-6-14(7-5-12)20-16-19-9-8-15(21-16)11-2-1-3-13(18)10-11/h1-10H,17-18H2,(H,19,20,21). The molecule has 0 aliphatic carbocycles. The van der Waals surface area contributed by atoms with Crippen LogP contribution in [0.4, 0.5) is 23.0 Å². The predicted molar refractivity (Wildman–Crippen MR) is 86.0 cm³/mol. The van der Waals surface area contributed by atoms with Crippen LogP contribution in [0.3, 0.4) is 0 Å². The van der Waals surface area contributed by atoms with Gasteiger partial charge in [0.15, 0.2) is 0 Å². The minimum Gasteiger partial charge on any atom is -0.399 e. The van der Waals surface area contributed by atoms with Gasteiger partial charge in [-0.1, -0.05) is 12.1 Å². The largest absolute Gasteiger partial charge is 0.399 e. The molecule has 0 aliphatic heterocycles. The molecule has 0 spiro atoms. The molecule has 0 fully saturated rings. The van der Waals surface area contributed by atoms with Crippen molar-refractivity contribution in [3.05, 3.63) is 60.8 Å². The number of aromatic nitrogens is 2. The fraction of sp³-hybridized carbons (Fsp3) is 0. The molecule has 0 radical (unpaired) electrons. The molecule has 0 bridgehead atoms. The van der Waals surface area contributed by atoms with E-state index in [0.29, 0.717) is 11.6 Å². The first-order valence-electron chi connectivity index (χ1n) is 6.52. The highest BCUT2D eigenvalue weighted by Gasteiger charge is 2.03. The molecule has 5 nitrogen and oxygen atoms in total. The van der Waals surface area contributed by atoms with Crippen molar-refractivity contribution in [2.24, 2.45) is 0 Å². The molecule has 3 aromatic rings. The molecule has 2 aromatic carbocycles. The lowest BCUT2D eigenvalue weighted by molar-refractivity contribution is 1.17. The molecule has 0 saturated carbocycles.